The summed E-state index contributed by atoms with van der Waals surface area (Å²) < 4.78 is 25.4. The van der Waals surface area contributed by atoms with E-state index in [2.05, 4.69) is 19.9 Å². The van der Waals surface area contributed by atoms with Crippen LogP contribution < -0.4 is 10.5 Å². The fraction of sp³-hybridized carbons (Fsp3) is 0.714. The van der Waals surface area contributed by atoms with Gasteiger partial charge in [-0.1, -0.05) is 0 Å². The third-order valence-corrected chi connectivity index (χ3v) is 3.85. The van der Waals surface area contributed by atoms with Crippen molar-refractivity contribution in [3.63, 3.8) is 0 Å². The maximum absolute atomic E-state index is 11.5. The summed E-state index contributed by atoms with van der Waals surface area (Å²) in [5.74, 6) is 0.651. The van der Waals surface area contributed by atoms with Crippen LogP contribution >= 0.6 is 0 Å². The van der Waals surface area contributed by atoms with Crippen molar-refractivity contribution in [2.45, 2.75) is 18.6 Å². The first-order chi connectivity index (χ1) is 7.06. The number of nitrogens with zero attached hydrogens (tertiary/aromatic N) is 2. The highest BCUT2D eigenvalue weighted by Crippen LogP contribution is 1.95. The molecule has 0 aromatic carbocycles. The maximum Gasteiger partial charge on any atom is 0.215 e. The lowest BCUT2D eigenvalue weighted by Crippen LogP contribution is -2.38. The number of nitrogens with one attached hydrogen (secondary N) is 2. The van der Waals surface area contributed by atoms with Crippen molar-refractivity contribution in [1.82, 2.24) is 19.9 Å². The number of aromatic nitrogens is 3. The van der Waals surface area contributed by atoms with E-state index in [0.29, 0.717) is 18.8 Å². The summed E-state index contributed by atoms with van der Waals surface area (Å²) in [6.45, 7) is 1.97. The minimum absolute atomic E-state index is 0.109. The fourth-order valence-electron chi connectivity index (χ4n) is 0.932. The Morgan fingerprint density at radius 2 is 2.40 bits per heavy atom. The topological polar surface area (TPSA) is 114 Å². The number of hydrogen-bond acceptors (Lipinski definition) is 5. The van der Waals surface area contributed by atoms with Gasteiger partial charge in [0, 0.05) is 19.5 Å². The first-order valence-corrected chi connectivity index (χ1v) is 6.13. The highest BCUT2D eigenvalue weighted by Gasteiger charge is 2.17. The summed E-state index contributed by atoms with van der Waals surface area (Å²) in [6, 6.07) is 0. The van der Waals surface area contributed by atoms with Crippen LogP contribution in [0.1, 0.15) is 12.7 Å². The normalized spacial score (nSPS) is 14.0. The highest BCUT2D eigenvalue weighted by atomic mass is 32.2. The van der Waals surface area contributed by atoms with Gasteiger partial charge in [0.05, 0.1) is 5.25 Å². The second kappa shape index (κ2) is 5.19. The second-order valence-corrected chi connectivity index (χ2v) is 5.35. The largest absolute Gasteiger partial charge is 0.329 e. The number of nitrogens with two attached hydrogens (primary N) is 1. The smallest absolute Gasteiger partial charge is 0.215 e. The van der Waals surface area contributed by atoms with Crippen LogP contribution in [0.25, 0.3) is 0 Å². The predicted molar refractivity (Wildman–Crippen MR) is 55.5 cm³/mol. The molecule has 8 heteroatoms. The standard InChI is InChI=1S/C7H15N5O2S/c1-6(4-8)15(13,14)11-3-2-7-9-5-10-12-7/h5-6,11H,2-4,8H2,1H3,(H,9,10,12). The molecule has 0 saturated carbocycles. The molecule has 1 heterocycles. The Kier molecular flexibility index (Phi) is 4.18. The lowest BCUT2D eigenvalue weighted by atomic mass is 10.4. The molecule has 0 aliphatic carbocycles. The van der Waals surface area contributed by atoms with Gasteiger partial charge in [-0.05, 0) is 6.92 Å². The van der Waals surface area contributed by atoms with Gasteiger partial charge in [-0.15, -0.1) is 0 Å². The fourth-order valence-corrected chi connectivity index (χ4v) is 1.86. The summed E-state index contributed by atoms with van der Waals surface area (Å²) in [5, 5.41) is 5.72. The van der Waals surface area contributed by atoms with Crippen LogP contribution in [0.15, 0.2) is 6.33 Å². The minimum atomic E-state index is -3.30. The van der Waals surface area contributed by atoms with E-state index in [9.17, 15) is 8.42 Å². The number of sulfonamides is 1. The van der Waals surface area contributed by atoms with Crippen LogP contribution in [0.4, 0.5) is 0 Å². The molecule has 4 N–H and O–H groups in total. The molecule has 0 fully saturated rings. The predicted octanol–water partition coefficient (Wildman–Crippen LogP) is -1.39. The number of aromatic amines is 1. The Bertz CT molecular complexity index is 374. The van der Waals surface area contributed by atoms with Crippen molar-refractivity contribution >= 4 is 10.0 Å². The second-order valence-electron chi connectivity index (χ2n) is 3.17. The van der Waals surface area contributed by atoms with Gasteiger partial charge in [0.15, 0.2) is 0 Å². The molecule has 0 aliphatic heterocycles. The van der Waals surface area contributed by atoms with E-state index in [4.69, 9.17) is 5.73 Å². The van der Waals surface area contributed by atoms with Crippen LogP contribution in [-0.2, 0) is 16.4 Å². The zero-order valence-corrected chi connectivity index (χ0v) is 9.29. The molecule has 86 valence electrons. The zero-order valence-electron chi connectivity index (χ0n) is 8.47. The Labute approximate surface area is 88.5 Å². The molecule has 15 heavy (non-hydrogen) atoms. The average molecular weight is 233 g/mol. The molecule has 0 saturated heterocycles. The zero-order chi connectivity index (χ0) is 11.3. The molecular weight excluding hydrogens is 218 g/mol. The van der Waals surface area contributed by atoms with Gasteiger partial charge in [0.1, 0.15) is 12.2 Å². The summed E-state index contributed by atoms with van der Waals surface area (Å²) in [4.78, 5) is 3.87. The Balaban J connectivity index is 2.37. The Morgan fingerprint density at radius 3 is 2.93 bits per heavy atom. The van der Waals surface area contributed by atoms with Gasteiger partial charge < -0.3 is 5.73 Å². The molecule has 1 aromatic rings. The summed E-state index contributed by atoms with van der Waals surface area (Å²) in [5.41, 5.74) is 5.28. The molecule has 0 radical (unpaired) electrons. The Morgan fingerprint density at radius 1 is 1.67 bits per heavy atom. The summed E-state index contributed by atoms with van der Waals surface area (Å²) >= 11 is 0. The van der Waals surface area contributed by atoms with Crippen LogP contribution in [0.5, 0.6) is 0 Å². The average Bonchev–Trinajstić information content (AvgIpc) is 2.69. The lowest BCUT2D eigenvalue weighted by Gasteiger charge is -2.10. The van der Waals surface area contributed by atoms with Gasteiger partial charge >= 0.3 is 0 Å². The van der Waals surface area contributed by atoms with Crippen molar-refractivity contribution in [3.05, 3.63) is 12.2 Å². The molecule has 1 aromatic heterocycles. The van der Waals surface area contributed by atoms with Crippen molar-refractivity contribution in [3.8, 4) is 0 Å². The van der Waals surface area contributed by atoms with Crippen LogP contribution in [0, 0.1) is 0 Å². The van der Waals surface area contributed by atoms with E-state index in [1.54, 1.807) is 6.92 Å². The number of hydrogen-bond donors (Lipinski definition) is 3. The Hall–Kier alpha value is -0.990. The van der Waals surface area contributed by atoms with E-state index in [1.165, 1.54) is 6.33 Å². The van der Waals surface area contributed by atoms with Crippen molar-refractivity contribution in [2.75, 3.05) is 13.1 Å². The minimum Gasteiger partial charge on any atom is -0.329 e. The first kappa shape index (κ1) is 12.1. The van der Waals surface area contributed by atoms with Gasteiger partial charge in [-0.2, -0.15) is 5.10 Å². The highest BCUT2D eigenvalue weighted by molar-refractivity contribution is 7.90. The SMILES string of the molecule is CC(CN)S(=O)(=O)NCCc1ncn[nH]1. The van der Waals surface area contributed by atoms with E-state index in [0.717, 1.165) is 0 Å². The molecule has 1 unspecified atom stereocenters. The van der Waals surface area contributed by atoms with Gasteiger partial charge in [-0.3, -0.25) is 5.10 Å². The molecule has 0 bridgehead atoms. The van der Waals surface area contributed by atoms with Crippen LogP contribution in [0.2, 0.25) is 0 Å². The van der Waals surface area contributed by atoms with Gasteiger partial charge in [-0.25, -0.2) is 18.1 Å². The summed E-state index contributed by atoms with van der Waals surface area (Å²) in [6.07, 6.45) is 1.86. The van der Waals surface area contributed by atoms with Crippen LogP contribution in [-0.4, -0.2) is 41.9 Å². The first-order valence-electron chi connectivity index (χ1n) is 4.59. The molecule has 0 aliphatic rings. The maximum atomic E-state index is 11.5. The molecule has 0 amide bonds. The third-order valence-electron chi connectivity index (χ3n) is 1.99. The third kappa shape index (κ3) is 3.57. The van der Waals surface area contributed by atoms with Crippen LogP contribution in [0.3, 0.4) is 0 Å². The monoisotopic (exact) mass is 233 g/mol. The molecule has 1 atom stereocenters. The van der Waals surface area contributed by atoms with Crippen molar-refractivity contribution < 1.29 is 8.42 Å². The van der Waals surface area contributed by atoms with E-state index in [-0.39, 0.29) is 6.54 Å². The molecule has 7 nitrogen and oxygen atoms in total. The van der Waals surface area contributed by atoms with Gasteiger partial charge in [0.2, 0.25) is 10.0 Å². The van der Waals surface area contributed by atoms with Crippen molar-refractivity contribution in [2.24, 2.45) is 5.73 Å². The van der Waals surface area contributed by atoms with Gasteiger partial charge in [0.25, 0.3) is 0 Å². The number of rotatable bonds is 6. The number of H-pyrrole nitrogens is 1. The summed E-state index contributed by atoms with van der Waals surface area (Å²) in [7, 11) is -3.30. The molecule has 1 rings (SSSR count). The van der Waals surface area contributed by atoms with E-state index in [1.807, 2.05) is 0 Å². The van der Waals surface area contributed by atoms with E-state index < -0.39 is 15.3 Å². The van der Waals surface area contributed by atoms with Crippen molar-refractivity contribution in [1.29, 1.82) is 0 Å². The lowest BCUT2D eigenvalue weighted by molar-refractivity contribution is 0.568. The quantitative estimate of drug-likeness (QED) is 0.560. The van der Waals surface area contributed by atoms with E-state index >= 15 is 0 Å². The molecular formula is C7H15N5O2S. The molecule has 0 spiro atoms.